The van der Waals surface area contributed by atoms with Crippen LogP contribution in [0.25, 0.3) is 0 Å². The molecular weight excluding hydrogens is 312 g/mol. The van der Waals surface area contributed by atoms with E-state index in [0.29, 0.717) is 5.76 Å². The highest BCUT2D eigenvalue weighted by atomic mass is 16.5. The van der Waals surface area contributed by atoms with Crippen molar-refractivity contribution in [3.8, 4) is 0 Å². The normalized spacial score (nSPS) is 13.4. The Labute approximate surface area is 155 Å². The third-order valence-electron chi connectivity index (χ3n) is 3.74. The van der Waals surface area contributed by atoms with Crippen molar-refractivity contribution in [2.75, 3.05) is 7.11 Å². The Balaban J connectivity index is 4.18. The van der Waals surface area contributed by atoms with Gasteiger partial charge in [-0.3, -0.25) is 0 Å². The maximum Gasteiger partial charge on any atom is 0.112 e. The first-order valence-electron chi connectivity index (χ1n) is 8.95. The molecule has 2 atom stereocenters. The smallest absolute Gasteiger partial charge is 0.112 e. The Morgan fingerprint density at radius 2 is 1.48 bits per heavy atom. The van der Waals surface area contributed by atoms with Gasteiger partial charge < -0.3 is 20.1 Å². The van der Waals surface area contributed by atoms with E-state index in [1.165, 1.54) is 0 Å². The molecule has 4 heteroatoms. The number of hydrogen-bond acceptors (Lipinski definition) is 4. The molecule has 0 saturated heterocycles. The molecular formula is C21H38N2O2. The van der Waals surface area contributed by atoms with Crippen LogP contribution < -0.4 is 10.6 Å². The van der Waals surface area contributed by atoms with E-state index in [2.05, 4.69) is 43.9 Å². The molecule has 0 unspecified atom stereocenters. The van der Waals surface area contributed by atoms with Gasteiger partial charge in [-0.15, -0.1) is 0 Å². The number of methoxy groups -OCH3 is 1. The summed E-state index contributed by atoms with van der Waals surface area (Å²) in [5, 5.41) is 6.74. The van der Waals surface area contributed by atoms with Gasteiger partial charge in [0.05, 0.1) is 25.0 Å². The summed E-state index contributed by atoms with van der Waals surface area (Å²) in [5.74, 6) is 1.54. The van der Waals surface area contributed by atoms with Crippen molar-refractivity contribution in [3.63, 3.8) is 0 Å². The van der Waals surface area contributed by atoms with Gasteiger partial charge in [-0.25, -0.2) is 0 Å². The molecule has 0 radical (unpaired) electrons. The summed E-state index contributed by atoms with van der Waals surface area (Å²) in [6, 6.07) is 0.0654. The molecule has 0 spiro atoms. The summed E-state index contributed by atoms with van der Waals surface area (Å²) in [5.41, 5.74) is 1.65. The average molecular weight is 351 g/mol. The van der Waals surface area contributed by atoms with E-state index in [1.807, 2.05) is 27.7 Å². The number of unbranched alkanes of at least 4 members (excludes halogenated alkanes) is 1. The zero-order valence-corrected chi connectivity index (χ0v) is 17.1. The summed E-state index contributed by atoms with van der Waals surface area (Å²) >= 11 is 0. The standard InChI is InChI=1S/C21H38N2O2/c1-15(13-11-12-14-16(2)24-10)22-17(3)18(4)23-19(5)20(6)25-21(7,8)9/h17,19,22-23H,1-2,4,6,11-14H2,3,5,7-10H3/t17-,19-/m0/s1. The van der Waals surface area contributed by atoms with Crippen LogP contribution in [0.2, 0.25) is 0 Å². The summed E-state index contributed by atoms with van der Waals surface area (Å²) in [6.07, 6.45) is 3.90. The fourth-order valence-corrected chi connectivity index (χ4v) is 2.19. The zero-order chi connectivity index (χ0) is 19.6. The van der Waals surface area contributed by atoms with Crippen LogP contribution in [-0.2, 0) is 9.47 Å². The van der Waals surface area contributed by atoms with Gasteiger partial charge in [-0.05, 0) is 53.9 Å². The lowest BCUT2D eigenvalue weighted by molar-refractivity contribution is 0.0424. The van der Waals surface area contributed by atoms with Crippen LogP contribution in [0.4, 0.5) is 0 Å². The number of rotatable bonds is 13. The molecule has 0 rings (SSSR count). The van der Waals surface area contributed by atoms with Gasteiger partial charge in [0.15, 0.2) is 0 Å². The lowest BCUT2D eigenvalue weighted by Crippen LogP contribution is -2.38. The molecule has 144 valence electrons. The first-order chi connectivity index (χ1) is 11.5. The van der Waals surface area contributed by atoms with E-state index in [4.69, 9.17) is 9.47 Å². The van der Waals surface area contributed by atoms with E-state index in [1.54, 1.807) is 7.11 Å². The molecule has 2 N–H and O–H groups in total. The average Bonchev–Trinajstić information content (AvgIpc) is 2.49. The summed E-state index contributed by atoms with van der Waals surface area (Å²) < 4.78 is 10.9. The van der Waals surface area contributed by atoms with E-state index in [-0.39, 0.29) is 17.7 Å². The van der Waals surface area contributed by atoms with E-state index in [9.17, 15) is 0 Å². The van der Waals surface area contributed by atoms with Crippen molar-refractivity contribution in [1.82, 2.24) is 10.6 Å². The second-order valence-electron chi connectivity index (χ2n) is 7.49. The first kappa shape index (κ1) is 23.2. The lowest BCUT2D eigenvalue weighted by Gasteiger charge is -2.29. The van der Waals surface area contributed by atoms with Crippen LogP contribution in [0.5, 0.6) is 0 Å². The molecule has 0 aliphatic heterocycles. The molecule has 0 aromatic heterocycles. The minimum atomic E-state index is -0.249. The van der Waals surface area contributed by atoms with Gasteiger partial charge in [0, 0.05) is 17.8 Å². The highest BCUT2D eigenvalue weighted by Crippen LogP contribution is 2.16. The highest BCUT2D eigenvalue weighted by Gasteiger charge is 2.18. The molecule has 0 aromatic rings. The Hall–Kier alpha value is -1.84. The lowest BCUT2D eigenvalue weighted by atomic mass is 10.1. The largest absolute Gasteiger partial charge is 0.502 e. The third-order valence-corrected chi connectivity index (χ3v) is 3.74. The van der Waals surface area contributed by atoms with Crippen LogP contribution >= 0.6 is 0 Å². The van der Waals surface area contributed by atoms with Gasteiger partial charge in [0.2, 0.25) is 0 Å². The van der Waals surface area contributed by atoms with Gasteiger partial charge in [0.1, 0.15) is 11.4 Å². The molecule has 0 fully saturated rings. The van der Waals surface area contributed by atoms with E-state index < -0.39 is 0 Å². The van der Waals surface area contributed by atoms with Crippen LogP contribution in [0.15, 0.2) is 49.2 Å². The highest BCUT2D eigenvalue weighted by molar-refractivity contribution is 5.11. The summed E-state index contributed by atoms with van der Waals surface area (Å²) in [6.45, 7) is 26.2. The maximum atomic E-state index is 5.80. The van der Waals surface area contributed by atoms with Crippen LogP contribution in [0, 0.1) is 0 Å². The van der Waals surface area contributed by atoms with Gasteiger partial charge in [-0.1, -0.05) is 26.3 Å². The molecule has 25 heavy (non-hydrogen) atoms. The second-order valence-corrected chi connectivity index (χ2v) is 7.49. The van der Waals surface area contributed by atoms with Crippen molar-refractivity contribution >= 4 is 0 Å². The van der Waals surface area contributed by atoms with Crippen LogP contribution in [-0.4, -0.2) is 24.8 Å². The Kier molecular flexibility index (Phi) is 10.1. The molecule has 0 aliphatic carbocycles. The molecule has 0 amide bonds. The predicted molar refractivity (Wildman–Crippen MR) is 108 cm³/mol. The van der Waals surface area contributed by atoms with Crippen molar-refractivity contribution in [1.29, 1.82) is 0 Å². The van der Waals surface area contributed by atoms with Crippen molar-refractivity contribution in [2.45, 2.75) is 78.0 Å². The quantitative estimate of drug-likeness (QED) is 0.361. The minimum Gasteiger partial charge on any atom is -0.502 e. The Morgan fingerprint density at radius 1 is 0.920 bits per heavy atom. The Morgan fingerprint density at radius 3 is 2.00 bits per heavy atom. The third kappa shape index (κ3) is 11.4. The van der Waals surface area contributed by atoms with Gasteiger partial charge >= 0.3 is 0 Å². The Bertz CT molecular complexity index is 475. The number of allylic oxidation sites excluding steroid dienone is 2. The molecule has 0 aliphatic rings. The fraction of sp³-hybridized carbons (Fsp3) is 0.619. The molecule has 4 nitrogen and oxygen atoms in total. The SMILES string of the molecule is C=C(CCCCC(=C)OC)N[C@@H](C)C(=C)N[C@@H](C)C(=C)OC(C)(C)C. The topological polar surface area (TPSA) is 42.5 Å². The van der Waals surface area contributed by atoms with Crippen LogP contribution in [0.3, 0.4) is 0 Å². The van der Waals surface area contributed by atoms with E-state index in [0.717, 1.165) is 42.8 Å². The molecule has 0 heterocycles. The van der Waals surface area contributed by atoms with Gasteiger partial charge in [0.25, 0.3) is 0 Å². The summed E-state index contributed by atoms with van der Waals surface area (Å²) in [7, 11) is 1.66. The maximum absolute atomic E-state index is 5.80. The number of nitrogens with one attached hydrogen (secondary N) is 2. The summed E-state index contributed by atoms with van der Waals surface area (Å²) in [4.78, 5) is 0. The van der Waals surface area contributed by atoms with E-state index >= 15 is 0 Å². The van der Waals surface area contributed by atoms with Crippen LogP contribution in [0.1, 0.15) is 60.3 Å². The second kappa shape index (κ2) is 10.9. The number of hydrogen-bond donors (Lipinski definition) is 2. The molecule has 0 saturated carbocycles. The van der Waals surface area contributed by atoms with Crippen molar-refractivity contribution in [2.24, 2.45) is 0 Å². The zero-order valence-electron chi connectivity index (χ0n) is 17.1. The molecule has 0 bridgehead atoms. The van der Waals surface area contributed by atoms with Crippen molar-refractivity contribution in [3.05, 3.63) is 49.2 Å². The monoisotopic (exact) mass is 350 g/mol. The first-order valence-corrected chi connectivity index (χ1v) is 8.95. The van der Waals surface area contributed by atoms with Gasteiger partial charge in [-0.2, -0.15) is 0 Å². The number of ether oxygens (including phenoxy) is 2. The fourth-order valence-electron chi connectivity index (χ4n) is 2.19. The van der Waals surface area contributed by atoms with Crippen molar-refractivity contribution < 1.29 is 9.47 Å². The minimum absolute atomic E-state index is 0.00991. The predicted octanol–water partition coefficient (Wildman–Crippen LogP) is 5.02. The molecule has 0 aromatic carbocycles.